The Morgan fingerprint density at radius 3 is 2.25 bits per heavy atom. The summed E-state index contributed by atoms with van der Waals surface area (Å²) < 4.78 is 26.9. The van der Waals surface area contributed by atoms with Gasteiger partial charge in [-0.2, -0.15) is 4.31 Å². The van der Waals surface area contributed by atoms with Crippen LogP contribution in [0.3, 0.4) is 0 Å². The van der Waals surface area contributed by atoms with Crippen molar-refractivity contribution in [2.45, 2.75) is 33.6 Å². The molecular weight excluding hydrogens is 374 g/mol. The molecule has 0 atom stereocenters. The molecule has 2 aromatic rings. The Morgan fingerprint density at radius 1 is 1.04 bits per heavy atom. The van der Waals surface area contributed by atoms with E-state index in [1.54, 1.807) is 4.90 Å². The Balaban J connectivity index is 1.86. The van der Waals surface area contributed by atoms with Crippen molar-refractivity contribution >= 4 is 15.9 Å². The van der Waals surface area contributed by atoms with Crippen LogP contribution in [0.1, 0.15) is 47.1 Å². The number of carbonyl (C=O) groups is 1. The second-order valence-electron chi connectivity index (χ2n) is 7.82. The number of carbonyl (C=O) groups excluding carboxylic acids is 1. The third kappa shape index (κ3) is 4.00. The summed E-state index contributed by atoms with van der Waals surface area (Å²) in [5, 5.41) is 0. The molecule has 1 saturated heterocycles. The summed E-state index contributed by atoms with van der Waals surface area (Å²) in [7, 11) is -3.21. The highest BCUT2D eigenvalue weighted by Crippen LogP contribution is 2.25. The van der Waals surface area contributed by atoms with Crippen molar-refractivity contribution in [3.63, 3.8) is 0 Å². The minimum atomic E-state index is -3.21. The molecule has 3 rings (SSSR count). The Hall–Kier alpha value is -2.12. The summed E-state index contributed by atoms with van der Waals surface area (Å²) in [6.45, 7) is 9.83. The second kappa shape index (κ2) is 7.72. The van der Waals surface area contributed by atoms with E-state index in [4.69, 9.17) is 0 Å². The lowest BCUT2D eigenvalue weighted by atomic mass is 10.0. The number of hydrogen-bond acceptors (Lipinski definition) is 3. The minimum absolute atomic E-state index is 0.0347. The summed E-state index contributed by atoms with van der Waals surface area (Å²) in [5.41, 5.74) is 4.92. The van der Waals surface area contributed by atoms with E-state index in [2.05, 4.69) is 42.7 Å². The Kier molecular flexibility index (Phi) is 5.68. The SMILES string of the molecule is Cc1cc(C(=O)N2CCN(S(C)(=O)=O)CC2)c(C)n1-c1cccc(C(C)C)c1. The van der Waals surface area contributed by atoms with E-state index in [9.17, 15) is 13.2 Å². The van der Waals surface area contributed by atoms with E-state index in [-0.39, 0.29) is 5.91 Å². The molecule has 1 aromatic carbocycles. The molecule has 28 heavy (non-hydrogen) atoms. The lowest BCUT2D eigenvalue weighted by Gasteiger charge is -2.33. The third-order valence-electron chi connectivity index (χ3n) is 5.45. The average Bonchev–Trinajstić information content (AvgIpc) is 2.95. The molecule has 0 N–H and O–H groups in total. The molecule has 6 nitrogen and oxygen atoms in total. The van der Waals surface area contributed by atoms with Gasteiger partial charge in [-0.1, -0.05) is 26.0 Å². The number of sulfonamides is 1. The molecule has 1 fully saturated rings. The molecule has 0 spiro atoms. The molecule has 1 aromatic heterocycles. The molecule has 0 aliphatic carbocycles. The summed E-state index contributed by atoms with van der Waals surface area (Å²) in [6, 6.07) is 10.3. The van der Waals surface area contributed by atoms with Crippen LogP contribution in [0.2, 0.25) is 0 Å². The number of aromatic nitrogens is 1. The number of amides is 1. The van der Waals surface area contributed by atoms with Gasteiger partial charge in [-0.05, 0) is 43.5 Å². The van der Waals surface area contributed by atoms with Crippen molar-refractivity contribution in [1.29, 1.82) is 0 Å². The van der Waals surface area contributed by atoms with Crippen LogP contribution >= 0.6 is 0 Å². The average molecular weight is 404 g/mol. The predicted octanol–water partition coefficient (Wildman–Crippen LogP) is 2.93. The normalized spacial score (nSPS) is 16.0. The van der Waals surface area contributed by atoms with Gasteiger partial charge >= 0.3 is 0 Å². The zero-order chi connectivity index (χ0) is 20.6. The first-order valence-corrected chi connectivity index (χ1v) is 11.5. The largest absolute Gasteiger partial charge is 0.336 e. The molecular formula is C21H29N3O3S. The lowest BCUT2D eigenvalue weighted by Crippen LogP contribution is -2.50. The number of benzene rings is 1. The highest BCUT2D eigenvalue weighted by Gasteiger charge is 2.28. The van der Waals surface area contributed by atoms with Crippen LogP contribution in [0.4, 0.5) is 0 Å². The van der Waals surface area contributed by atoms with Crippen LogP contribution in [-0.2, 0) is 10.0 Å². The number of hydrogen-bond donors (Lipinski definition) is 0. The van der Waals surface area contributed by atoms with E-state index in [0.29, 0.717) is 37.7 Å². The Morgan fingerprint density at radius 2 is 1.68 bits per heavy atom. The van der Waals surface area contributed by atoms with E-state index >= 15 is 0 Å². The number of aryl methyl sites for hydroxylation is 1. The first-order valence-electron chi connectivity index (χ1n) is 9.63. The topological polar surface area (TPSA) is 62.6 Å². The van der Waals surface area contributed by atoms with Crippen LogP contribution < -0.4 is 0 Å². The monoisotopic (exact) mass is 403 g/mol. The standard InChI is InChI=1S/C21H29N3O3S/c1-15(2)18-7-6-8-19(14-18)24-16(3)13-20(17(24)4)21(25)22-9-11-23(12-10-22)28(5,26)27/h6-8,13-15H,9-12H2,1-5H3. The first kappa shape index (κ1) is 20.6. The van der Waals surface area contributed by atoms with Gasteiger partial charge in [-0.3, -0.25) is 4.79 Å². The van der Waals surface area contributed by atoms with E-state index in [0.717, 1.165) is 17.1 Å². The van der Waals surface area contributed by atoms with Crippen LogP contribution in [0, 0.1) is 13.8 Å². The molecule has 0 saturated carbocycles. The molecule has 1 aliphatic heterocycles. The minimum Gasteiger partial charge on any atom is -0.336 e. The van der Waals surface area contributed by atoms with E-state index in [1.807, 2.05) is 19.9 Å². The van der Waals surface area contributed by atoms with Gasteiger partial charge in [0.05, 0.1) is 11.8 Å². The smallest absolute Gasteiger partial charge is 0.255 e. The molecule has 152 valence electrons. The molecule has 2 heterocycles. The molecule has 7 heteroatoms. The van der Waals surface area contributed by atoms with Crippen molar-refractivity contribution in [3.05, 3.63) is 52.8 Å². The van der Waals surface area contributed by atoms with Crippen molar-refractivity contribution < 1.29 is 13.2 Å². The van der Waals surface area contributed by atoms with Gasteiger partial charge in [0.15, 0.2) is 0 Å². The number of rotatable bonds is 4. The van der Waals surface area contributed by atoms with Gasteiger partial charge in [0, 0.05) is 43.3 Å². The fourth-order valence-corrected chi connectivity index (χ4v) is 4.62. The van der Waals surface area contributed by atoms with Crippen molar-refractivity contribution in [2.24, 2.45) is 0 Å². The highest BCUT2D eigenvalue weighted by molar-refractivity contribution is 7.88. The maximum absolute atomic E-state index is 13.1. The summed E-state index contributed by atoms with van der Waals surface area (Å²) >= 11 is 0. The summed E-state index contributed by atoms with van der Waals surface area (Å²) in [4.78, 5) is 14.8. The Labute approximate surface area is 167 Å². The van der Waals surface area contributed by atoms with Crippen LogP contribution in [0.15, 0.2) is 30.3 Å². The van der Waals surface area contributed by atoms with Crippen LogP contribution in [0.5, 0.6) is 0 Å². The van der Waals surface area contributed by atoms with Gasteiger partial charge in [0.1, 0.15) is 0 Å². The third-order valence-corrected chi connectivity index (χ3v) is 6.75. The van der Waals surface area contributed by atoms with Gasteiger partial charge in [-0.15, -0.1) is 0 Å². The quantitative estimate of drug-likeness (QED) is 0.789. The fourth-order valence-electron chi connectivity index (χ4n) is 3.79. The van der Waals surface area contributed by atoms with Crippen molar-refractivity contribution in [3.8, 4) is 5.69 Å². The Bertz CT molecular complexity index is 984. The van der Waals surface area contributed by atoms with Crippen molar-refractivity contribution in [1.82, 2.24) is 13.8 Å². The molecule has 1 aliphatic rings. The number of piperazine rings is 1. The van der Waals surface area contributed by atoms with Gasteiger partial charge in [-0.25, -0.2) is 8.42 Å². The molecule has 1 amide bonds. The fraction of sp³-hybridized carbons (Fsp3) is 0.476. The molecule has 0 radical (unpaired) electrons. The number of nitrogens with zero attached hydrogens (tertiary/aromatic N) is 3. The second-order valence-corrected chi connectivity index (χ2v) is 9.81. The maximum atomic E-state index is 13.1. The zero-order valence-electron chi connectivity index (χ0n) is 17.3. The molecule has 0 unspecified atom stereocenters. The first-order chi connectivity index (χ1) is 13.1. The van der Waals surface area contributed by atoms with E-state index in [1.165, 1.54) is 16.1 Å². The van der Waals surface area contributed by atoms with E-state index < -0.39 is 10.0 Å². The summed E-state index contributed by atoms with van der Waals surface area (Å²) in [5.74, 6) is 0.399. The van der Waals surface area contributed by atoms with Gasteiger partial charge < -0.3 is 9.47 Å². The molecule has 0 bridgehead atoms. The predicted molar refractivity (Wildman–Crippen MR) is 112 cm³/mol. The van der Waals surface area contributed by atoms with Gasteiger partial charge in [0.25, 0.3) is 5.91 Å². The van der Waals surface area contributed by atoms with Crippen LogP contribution in [-0.4, -0.2) is 60.5 Å². The van der Waals surface area contributed by atoms with Gasteiger partial charge in [0.2, 0.25) is 10.0 Å². The summed E-state index contributed by atoms with van der Waals surface area (Å²) in [6.07, 6.45) is 1.21. The highest BCUT2D eigenvalue weighted by atomic mass is 32.2. The maximum Gasteiger partial charge on any atom is 0.255 e. The van der Waals surface area contributed by atoms with Crippen LogP contribution in [0.25, 0.3) is 5.69 Å². The van der Waals surface area contributed by atoms with Crippen molar-refractivity contribution in [2.75, 3.05) is 32.4 Å². The zero-order valence-corrected chi connectivity index (χ0v) is 18.1. The lowest BCUT2D eigenvalue weighted by molar-refractivity contribution is 0.0697.